The zero-order valence-corrected chi connectivity index (χ0v) is 19.8. The van der Waals surface area contributed by atoms with Crippen LogP contribution in [0.5, 0.6) is 0 Å². The molecule has 0 N–H and O–H groups in total. The summed E-state index contributed by atoms with van der Waals surface area (Å²) in [6.45, 7) is 2.55. The zero-order valence-electron chi connectivity index (χ0n) is 18.2. The molecule has 11 heteroatoms. The molecule has 0 aliphatic carbocycles. The van der Waals surface area contributed by atoms with Crippen molar-refractivity contribution in [3.05, 3.63) is 45.6 Å². The van der Waals surface area contributed by atoms with Crippen LogP contribution >= 0.6 is 22.9 Å². The number of fused-ring (bicyclic) bond motifs is 1. The van der Waals surface area contributed by atoms with Crippen molar-refractivity contribution in [3.63, 3.8) is 0 Å². The van der Waals surface area contributed by atoms with Gasteiger partial charge in [-0.1, -0.05) is 11.6 Å². The second-order valence-electron chi connectivity index (χ2n) is 7.74. The SMILES string of the molecule is Cc1cc(Cl)cc(-c2ncnc3cc(CN(C)C(=O)CCN(C=O)CC(F)(F)F)sc23)c1C. The minimum atomic E-state index is -4.51. The Hall–Kier alpha value is -2.72. The molecule has 0 fully saturated rings. The number of hydrogen-bond donors (Lipinski definition) is 0. The number of amides is 2. The van der Waals surface area contributed by atoms with Gasteiger partial charge in [0.2, 0.25) is 12.3 Å². The van der Waals surface area contributed by atoms with E-state index in [4.69, 9.17) is 11.6 Å². The lowest BCUT2D eigenvalue weighted by atomic mass is 10.0. The van der Waals surface area contributed by atoms with E-state index in [2.05, 4.69) is 9.97 Å². The van der Waals surface area contributed by atoms with Crippen molar-refractivity contribution >= 4 is 45.5 Å². The standard InChI is InChI=1S/C22H22ClF3N4O2S/c1-13-6-15(23)7-17(14(13)2)20-21-18(27-11-28-20)8-16(33-21)9-29(3)19(32)4-5-30(12-31)10-22(24,25)26/h6-8,11-12H,4-5,9-10H2,1-3H3. The van der Waals surface area contributed by atoms with E-state index in [1.165, 1.54) is 22.6 Å². The van der Waals surface area contributed by atoms with Crippen molar-refractivity contribution in [1.82, 2.24) is 19.8 Å². The third-order valence-electron chi connectivity index (χ3n) is 5.21. The molecule has 0 spiro atoms. The summed E-state index contributed by atoms with van der Waals surface area (Å²) in [5.74, 6) is -0.367. The largest absolute Gasteiger partial charge is 0.406 e. The molecular formula is C22H22ClF3N4O2S. The Labute approximate surface area is 198 Å². The summed E-state index contributed by atoms with van der Waals surface area (Å²) >= 11 is 7.70. The molecule has 0 atom stereocenters. The van der Waals surface area contributed by atoms with Gasteiger partial charge in [0.1, 0.15) is 12.9 Å². The summed E-state index contributed by atoms with van der Waals surface area (Å²) in [5, 5.41) is 0.608. The van der Waals surface area contributed by atoms with Gasteiger partial charge in [0, 0.05) is 35.5 Å². The summed E-state index contributed by atoms with van der Waals surface area (Å²) < 4.78 is 38.3. The van der Waals surface area contributed by atoms with E-state index >= 15 is 0 Å². The van der Waals surface area contributed by atoms with Gasteiger partial charge in [-0.15, -0.1) is 11.3 Å². The van der Waals surface area contributed by atoms with Crippen LogP contribution < -0.4 is 0 Å². The molecule has 2 heterocycles. The Morgan fingerprint density at radius 2 is 1.94 bits per heavy atom. The van der Waals surface area contributed by atoms with Crippen molar-refractivity contribution in [2.45, 2.75) is 33.0 Å². The van der Waals surface area contributed by atoms with Crippen LogP contribution in [0.1, 0.15) is 22.4 Å². The van der Waals surface area contributed by atoms with E-state index in [1.807, 2.05) is 32.0 Å². The van der Waals surface area contributed by atoms with E-state index in [1.54, 1.807) is 7.05 Å². The van der Waals surface area contributed by atoms with E-state index < -0.39 is 12.7 Å². The number of carbonyl (C=O) groups excluding carboxylic acids is 2. The predicted octanol–water partition coefficient (Wildman–Crippen LogP) is 5.00. The highest BCUT2D eigenvalue weighted by Gasteiger charge is 2.30. The van der Waals surface area contributed by atoms with Gasteiger partial charge in [0.05, 0.1) is 22.5 Å². The minimum absolute atomic E-state index is 0.104. The Bertz CT molecular complexity index is 1180. The van der Waals surface area contributed by atoms with E-state index in [0.717, 1.165) is 37.5 Å². The Morgan fingerprint density at radius 3 is 2.61 bits per heavy atom. The number of benzene rings is 1. The number of thiophene rings is 1. The predicted molar refractivity (Wildman–Crippen MR) is 122 cm³/mol. The van der Waals surface area contributed by atoms with Gasteiger partial charge in [-0.05, 0) is 43.2 Å². The van der Waals surface area contributed by atoms with Crippen LogP contribution in [0.4, 0.5) is 13.2 Å². The number of carbonyl (C=O) groups is 2. The first-order valence-corrected chi connectivity index (χ1v) is 11.2. The molecule has 0 saturated carbocycles. The maximum Gasteiger partial charge on any atom is 0.406 e. The van der Waals surface area contributed by atoms with Crippen molar-refractivity contribution in [3.8, 4) is 11.3 Å². The Balaban J connectivity index is 1.76. The van der Waals surface area contributed by atoms with Gasteiger partial charge in [-0.2, -0.15) is 13.2 Å². The Kier molecular flexibility index (Phi) is 7.58. The smallest absolute Gasteiger partial charge is 0.341 e. The molecule has 0 unspecified atom stereocenters. The second-order valence-corrected chi connectivity index (χ2v) is 9.31. The van der Waals surface area contributed by atoms with Crippen molar-refractivity contribution in [2.75, 3.05) is 20.1 Å². The van der Waals surface area contributed by atoms with Gasteiger partial charge >= 0.3 is 6.18 Å². The lowest BCUT2D eigenvalue weighted by Gasteiger charge is -2.21. The number of hydrogen-bond acceptors (Lipinski definition) is 5. The van der Waals surface area contributed by atoms with Gasteiger partial charge in [0.25, 0.3) is 0 Å². The molecule has 0 radical (unpaired) electrons. The number of aromatic nitrogens is 2. The third kappa shape index (κ3) is 6.20. The van der Waals surface area contributed by atoms with Gasteiger partial charge in [-0.25, -0.2) is 9.97 Å². The maximum atomic E-state index is 12.5. The van der Waals surface area contributed by atoms with Crippen molar-refractivity contribution in [1.29, 1.82) is 0 Å². The fourth-order valence-electron chi connectivity index (χ4n) is 3.39. The van der Waals surface area contributed by atoms with E-state index in [0.29, 0.717) is 9.92 Å². The number of alkyl halides is 3. The van der Waals surface area contributed by atoms with Crippen LogP contribution in [0.3, 0.4) is 0 Å². The fourth-order valence-corrected chi connectivity index (χ4v) is 4.83. The number of rotatable bonds is 8. The summed E-state index contributed by atoms with van der Waals surface area (Å²) in [4.78, 5) is 34.9. The first-order chi connectivity index (χ1) is 15.5. The molecule has 33 heavy (non-hydrogen) atoms. The summed E-state index contributed by atoms with van der Waals surface area (Å²) in [5.41, 5.74) is 4.49. The monoisotopic (exact) mass is 498 g/mol. The van der Waals surface area contributed by atoms with E-state index in [9.17, 15) is 22.8 Å². The number of halogens is 4. The molecule has 3 rings (SSSR count). The molecule has 0 saturated heterocycles. The van der Waals surface area contributed by atoms with Crippen molar-refractivity contribution in [2.24, 2.45) is 0 Å². The van der Waals surface area contributed by atoms with Gasteiger partial charge < -0.3 is 9.80 Å². The highest BCUT2D eigenvalue weighted by molar-refractivity contribution is 7.19. The molecule has 2 amide bonds. The molecular weight excluding hydrogens is 477 g/mol. The quantitative estimate of drug-likeness (QED) is 0.410. The summed E-state index contributed by atoms with van der Waals surface area (Å²) in [6, 6.07) is 5.61. The molecule has 0 bridgehead atoms. The first-order valence-electron chi connectivity index (χ1n) is 9.99. The molecule has 0 aliphatic rings. The molecule has 3 aromatic rings. The van der Waals surface area contributed by atoms with Crippen LogP contribution in [-0.2, 0) is 16.1 Å². The van der Waals surface area contributed by atoms with Crippen LogP contribution in [-0.4, -0.2) is 58.4 Å². The van der Waals surface area contributed by atoms with Gasteiger partial charge in [0.15, 0.2) is 0 Å². The molecule has 176 valence electrons. The zero-order chi connectivity index (χ0) is 24.3. The van der Waals surface area contributed by atoms with Crippen LogP contribution in [0.15, 0.2) is 24.5 Å². The summed E-state index contributed by atoms with van der Waals surface area (Å²) in [6.07, 6.45) is -3.13. The second kappa shape index (κ2) is 10.0. The maximum absolute atomic E-state index is 12.5. The van der Waals surface area contributed by atoms with Gasteiger partial charge in [-0.3, -0.25) is 9.59 Å². The average molecular weight is 499 g/mol. The first kappa shape index (κ1) is 24.9. The highest BCUT2D eigenvalue weighted by atomic mass is 35.5. The highest BCUT2D eigenvalue weighted by Crippen LogP contribution is 2.36. The summed E-state index contributed by atoms with van der Waals surface area (Å²) in [7, 11) is 1.57. The average Bonchev–Trinajstić information content (AvgIpc) is 3.15. The molecule has 6 nitrogen and oxygen atoms in total. The normalized spacial score (nSPS) is 11.6. The molecule has 2 aromatic heterocycles. The number of nitrogens with zero attached hydrogens (tertiary/aromatic N) is 4. The van der Waals surface area contributed by atoms with Crippen LogP contribution in [0, 0.1) is 13.8 Å². The van der Waals surface area contributed by atoms with E-state index in [-0.39, 0.29) is 31.8 Å². The molecule has 0 aliphatic heterocycles. The Morgan fingerprint density at radius 1 is 1.21 bits per heavy atom. The van der Waals surface area contributed by atoms with Crippen molar-refractivity contribution < 1.29 is 22.8 Å². The van der Waals surface area contributed by atoms with Crippen LogP contribution in [0.2, 0.25) is 5.02 Å². The fraction of sp³-hybridized carbons (Fsp3) is 0.364. The minimum Gasteiger partial charge on any atom is -0.341 e. The molecule has 1 aromatic carbocycles. The lowest BCUT2D eigenvalue weighted by Crippen LogP contribution is -2.36. The van der Waals surface area contributed by atoms with Crippen LogP contribution in [0.25, 0.3) is 21.5 Å². The lowest BCUT2D eigenvalue weighted by molar-refractivity contribution is -0.155. The topological polar surface area (TPSA) is 66.4 Å². The third-order valence-corrected chi connectivity index (χ3v) is 6.55. The number of aryl methyl sites for hydroxylation is 1.